The molecule has 244 valence electrons. The highest BCUT2D eigenvalue weighted by atomic mass is 127. The summed E-state index contributed by atoms with van der Waals surface area (Å²) in [6, 6.07) is 6.28. The summed E-state index contributed by atoms with van der Waals surface area (Å²) in [7, 11) is -4.41. The first-order valence-corrected chi connectivity index (χ1v) is 25.5. The van der Waals surface area contributed by atoms with Gasteiger partial charge in [-0.3, -0.25) is 4.79 Å². The van der Waals surface area contributed by atoms with E-state index in [1.165, 1.54) is 3.58 Å². The quantitative estimate of drug-likeness (QED) is 0.0817. The molecule has 0 rings (SSSR count). The van der Waals surface area contributed by atoms with Crippen LogP contribution in [0.25, 0.3) is 0 Å². The molecule has 5 nitrogen and oxygen atoms in total. The SMILES string of the molecule is CCC(=O)[C@H](O[Si](CC)(CC)CC)[C@H](C[C@H](OC)[C@H](CC/C=C(\C)I)O[Si](CC)(CC)CC)O[Si](C)(C)C(C)(C)C. The highest BCUT2D eigenvalue weighted by molar-refractivity contribution is 14.1. The summed E-state index contributed by atoms with van der Waals surface area (Å²) in [4.78, 5) is 13.7. The lowest BCUT2D eigenvalue weighted by molar-refractivity contribution is -0.133. The lowest BCUT2D eigenvalue weighted by Gasteiger charge is -2.45. The third kappa shape index (κ3) is 12.9. The Morgan fingerprint density at radius 3 is 1.61 bits per heavy atom. The van der Waals surface area contributed by atoms with Gasteiger partial charge in [-0.15, -0.1) is 0 Å². The Bertz CT molecular complexity index is 755. The monoisotopic (exact) mass is 742 g/mol. The molecule has 0 aliphatic heterocycles. The van der Waals surface area contributed by atoms with Gasteiger partial charge in [-0.1, -0.05) is 75.3 Å². The molecule has 0 saturated carbocycles. The van der Waals surface area contributed by atoms with Crippen molar-refractivity contribution in [3.63, 3.8) is 0 Å². The van der Waals surface area contributed by atoms with Crippen molar-refractivity contribution in [2.24, 2.45) is 0 Å². The van der Waals surface area contributed by atoms with Crippen LogP contribution in [0.15, 0.2) is 9.66 Å². The van der Waals surface area contributed by atoms with E-state index in [1.807, 2.05) is 6.92 Å². The van der Waals surface area contributed by atoms with Crippen molar-refractivity contribution in [1.82, 2.24) is 0 Å². The van der Waals surface area contributed by atoms with Gasteiger partial charge in [-0.2, -0.15) is 0 Å². The van der Waals surface area contributed by atoms with Crippen molar-refractivity contribution in [2.45, 2.75) is 181 Å². The van der Waals surface area contributed by atoms with E-state index in [-0.39, 0.29) is 29.1 Å². The van der Waals surface area contributed by atoms with Crippen LogP contribution in [0.2, 0.25) is 54.4 Å². The number of rotatable bonds is 22. The van der Waals surface area contributed by atoms with Crippen molar-refractivity contribution in [1.29, 1.82) is 0 Å². The summed E-state index contributed by atoms with van der Waals surface area (Å²) in [5, 5.41) is 0.00955. The molecule has 0 aliphatic rings. The Hall–Kier alpha value is 0.631. The first-order chi connectivity index (χ1) is 19.0. The number of carbonyl (C=O) groups excluding carboxylic acids is 1. The molecular formula is C32H67IO5Si3. The average molecular weight is 743 g/mol. The van der Waals surface area contributed by atoms with Gasteiger partial charge in [0, 0.05) is 20.0 Å². The number of ether oxygens (including phenoxy) is 1. The van der Waals surface area contributed by atoms with Gasteiger partial charge in [0.1, 0.15) is 6.10 Å². The molecule has 0 amide bonds. The smallest absolute Gasteiger partial charge is 0.193 e. The third-order valence-corrected chi connectivity index (χ3v) is 24.2. The van der Waals surface area contributed by atoms with Crippen molar-refractivity contribution in [3.05, 3.63) is 9.66 Å². The second-order valence-corrected chi connectivity index (χ2v) is 29.2. The Labute approximate surface area is 272 Å². The minimum atomic E-state index is -2.23. The van der Waals surface area contributed by atoms with E-state index in [4.69, 9.17) is 18.0 Å². The van der Waals surface area contributed by atoms with Gasteiger partial charge >= 0.3 is 0 Å². The highest BCUT2D eigenvalue weighted by Crippen LogP contribution is 2.40. The van der Waals surface area contributed by atoms with Crippen LogP contribution in [0, 0.1) is 0 Å². The topological polar surface area (TPSA) is 54.0 Å². The highest BCUT2D eigenvalue weighted by Gasteiger charge is 2.46. The molecule has 0 aromatic heterocycles. The van der Waals surface area contributed by atoms with Gasteiger partial charge in [-0.05, 0) is 100 Å². The molecule has 4 atom stereocenters. The molecule has 0 N–H and O–H groups in total. The van der Waals surface area contributed by atoms with Crippen LogP contribution in [-0.2, 0) is 22.8 Å². The predicted octanol–water partition coefficient (Wildman–Crippen LogP) is 10.7. The van der Waals surface area contributed by atoms with Crippen molar-refractivity contribution >= 4 is 53.3 Å². The van der Waals surface area contributed by atoms with Crippen LogP contribution in [0.4, 0.5) is 0 Å². The van der Waals surface area contributed by atoms with Gasteiger partial charge < -0.3 is 18.0 Å². The second-order valence-electron chi connectivity index (χ2n) is 13.3. The number of methoxy groups -OCH3 is 1. The lowest BCUT2D eigenvalue weighted by Crippen LogP contribution is -2.55. The van der Waals surface area contributed by atoms with E-state index in [0.29, 0.717) is 12.8 Å². The summed E-state index contributed by atoms with van der Waals surface area (Å²) in [5.41, 5.74) is 0. The molecule has 41 heavy (non-hydrogen) atoms. The summed E-state index contributed by atoms with van der Waals surface area (Å²) in [6.07, 6.45) is 4.01. The van der Waals surface area contributed by atoms with E-state index >= 15 is 0 Å². The number of Topliss-reactive ketones (excluding diaryl/α,β-unsaturated/α-hetero) is 1. The van der Waals surface area contributed by atoms with Crippen LogP contribution in [0.3, 0.4) is 0 Å². The first kappa shape index (κ1) is 41.6. The molecule has 0 bridgehead atoms. The predicted molar refractivity (Wildman–Crippen MR) is 194 cm³/mol. The number of halogens is 1. The van der Waals surface area contributed by atoms with E-state index in [1.54, 1.807) is 7.11 Å². The molecule has 0 fully saturated rings. The molecule has 0 spiro atoms. The Kier molecular flexibility index (Phi) is 19.5. The molecule has 0 aromatic carbocycles. The van der Waals surface area contributed by atoms with Gasteiger partial charge in [0.2, 0.25) is 0 Å². The summed E-state index contributed by atoms with van der Waals surface area (Å²) < 4.78 is 29.0. The van der Waals surface area contributed by atoms with Crippen molar-refractivity contribution < 1.29 is 22.8 Å². The summed E-state index contributed by atoms with van der Waals surface area (Å²) in [5.74, 6) is 0.149. The van der Waals surface area contributed by atoms with Gasteiger partial charge in [0.25, 0.3) is 0 Å². The van der Waals surface area contributed by atoms with E-state index in [0.717, 1.165) is 49.1 Å². The maximum atomic E-state index is 13.7. The molecule has 0 radical (unpaired) electrons. The molecule has 0 unspecified atom stereocenters. The number of hydrogen-bond acceptors (Lipinski definition) is 5. The Morgan fingerprint density at radius 1 is 0.780 bits per heavy atom. The van der Waals surface area contributed by atoms with E-state index in [9.17, 15) is 4.79 Å². The molecule has 0 saturated heterocycles. The Morgan fingerprint density at radius 2 is 1.24 bits per heavy atom. The molecule has 9 heteroatoms. The van der Waals surface area contributed by atoms with E-state index < -0.39 is 31.1 Å². The van der Waals surface area contributed by atoms with Crippen LogP contribution in [0.1, 0.15) is 102 Å². The zero-order valence-electron chi connectivity index (χ0n) is 29.4. The standard InChI is InChI=1S/C32H67IO5Si3/c1-15-27(34)31(38-41(19-5,20-6)21-7)30(36-39(13,14)32(9,10)11)25-29(35-12)28(24-22-23-26(8)33)37-40(16-2,17-3)18-4/h23,28-31H,15-22,24-25H2,1-14H3/b26-23+/t28-,29-,30-,31-/m0/s1. The normalized spacial score (nSPS) is 16.9. The fourth-order valence-corrected chi connectivity index (χ4v) is 12.7. The van der Waals surface area contributed by atoms with E-state index in [2.05, 4.69) is 111 Å². The third-order valence-electron chi connectivity index (χ3n) is 9.96. The van der Waals surface area contributed by atoms with Crippen LogP contribution >= 0.6 is 22.6 Å². The van der Waals surface area contributed by atoms with Gasteiger partial charge in [0.05, 0.1) is 18.3 Å². The Balaban J connectivity index is 6.86. The lowest BCUT2D eigenvalue weighted by atomic mass is 9.97. The van der Waals surface area contributed by atoms with Crippen molar-refractivity contribution in [3.8, 4) is 0 Å². The number of hydrogen-bond donors (Lipinski definition) is 0. The van der Waals surface area contributed by atoms with Gasteiger partial charge in [0.15, 0.2) is 30.7 Å². The minimum Gasteiger partial charge on any atom is -0.411 e. The van der Waals surface area contributed by atoms with Gasteiger partial charge in [-0.25, -0.2) is 0 Å². The number of carbonyl (C=O) groups is 1. The maximum Gasteiger partial charge on any atom is 0.193 e. The largest absolute Gasteiger partial charge is 0.411 e. The maximum absolute atomic E-state index is 13.7. The van der Waals surface area contributed by atoms with Crippen LogP contribution in [-0.4, -0.2) is 62.3 Å². The zero-order valence-corrected chi connectivity index (χ0v) is 34.5. The second kappa shape index (κ2) is 19.2. The molecule has 0 aromatic rings. The average Bonchev–Trinajstić information content (AvgIpc) is 2.93. The fourth-order valence-electron chi connectivity index (χ4n) is 5.33. The zero-order chi connectivity index (χ0) is 32.1. The summed E-state index contributed by atoms with van der Waals surface area (Å²) >= 11 is 2.38. The van der Waals surface area contributed by atoms with Crippen LogP contribution < -0.4 is 0 Å². The molecule has 0 aliphatic carbocycles. The minimum absolute atomic E-state index is 0.00955. The van der Waals surface area contributed by atoms with Crippen molar-refractivity contribution in [2.75, 3.05) is 7.11 Å². The molecule has 0 heterocycles. The number of ketones is 1. The number of allylic oxidation sites excluding steroid dienone is 2. The summed E-state index contributed by atoms with van der Waals surface area (Å²) in [6.45, 7) is 29.0. The van der Waals surface area contributed by atoms with Crippen LogP contribution in [0.5, 0.6) is 0 Å². The molecular weight excluding hydrogens is 676 g/mol. The first-order valence-electron chi connectivity index (χ1n) is 16.4. The fraction of sp³-hybridized carbons (Fsp3) is 0.906.